The van der Waals surface area contributed by atoms with Crippen LogP contribution in [0.2, 0.25) is 15.1 Å². The number of aromatic hydroxyl groups is 1. The largest absolute Gasteiger partial charge is 0.506 e. The molecule has 0 fully saturated rings. The number of nitrogens with one attached hydrogen (secondary N) is 2. The Bertz CT molecular complexity index is 1020. The molecule has 0 aliphatic rings. The van der Waals surface area contributed by atoms with Gasteiger partial charge in [0.1, 0.15) is 5.75 Å². The second kappa shape index (κ2) is 16.4. The number of alkyl halides is 1. The van der Waals surface area contributed by atoms with Gasteiger partial charge in [-0.25, -0.2) is 0 Å². The van der Waals surface area contributed by atoms with E-state index in [4.69, 9.17) is 34.8 Å². The average molecular weight is 621 g/mol. The summed E-state index contributed by atoms with van der Waals surface area (Å²) >= 11 is 21.6. The Balaban J connectivity index is 1.79. The zero-order chi connectivity index (χ0) is 26.5. The predicted octanol–water partition coefficient (Wildman–Crippen LogP) is 9.62. The van der Waals surface area contributed by atoms with Gasteiger partial charge >= 0.3 is 0 Å². The lowest BCUT2D eigenvalue weighted by Gasteiger charge is -2.14. The molecule has 0 saturated carbocycles. The lowest BCUT2D eigenvalue weighted by Crippen LogP contribution is -2.23. The van der Waals surface area contributed by atoms with Crippen molar-refractivity contribution in [3.05, 3.63) is 51.0 Å². The molecule has 2 aromatic rings. The molecule has 0 radical (unpaired) electrons. The standard InChI is InChI=1S/C27H34BrCl3N2O3/c1-2-3-4-5-6-7-8-9-10-11-12-19(28)27(36)32-23-17-25(34)24(16-22(23)31)33-26(35)18-13-14-20(29)21(30)15-18/h13-17,19,34H,2-12H2,1H3,(H,32,36)(H,33,35). The number of hydrogen-bond donors (Lipinski definition) is 3. The number of hydrogen-bond acceptors (Lipinski definition) is 3. The minimum Gasteiger partial charge on any atom is -0.506 e. The topological polar surface area (TPSA) is 78.4 Å². The van der Waals surface area contributed by atoms with Crippen LogP contribution in [-0.4, -0.2) is 21.7 Å². The molecule has 0 bridgehead atoms. The Labute approximate surface area is 237 Å². The SMILES string of the molecule is CCCCCCCCCCCCC(Br)C(=O)Nc1cc(O)c(NC(=O)c2ccc(Cl)c(Cl)c2)cc1Cl. The minimum atomic E-state index is -0.492. The molecular weight excluding hydrogens is 587 g/mol. The summed E-state index contributed by atoms with van der Waals surface area (Å²) < 4.78 is 0. The van der Waals surface area contributed by atoms with E-state index < -0.39 is 5.91 Å². The Morgan fingerprint density at radius 3 is 2.03 bits per heavy atom. The highest BCUT2D eigenvalue weighted by molar-refractivity contribution is 9.10. The maximum absolute atomic E-state index is 12.6. The molecule has 0 spiro atoms. The number of carbonyl (C=O) groups excluding carboxylic acids is 2. The first kappa shape index (κ1) is 30.8. The van der Waals surface area contributed by atoms with E-state index in [0.29, 0.717) is 11.4 Å². The summed E-state index contributed by atoms with van der Waals surface area (Å²) in [5.74, 6) is -0.961. The highest BCUT2D eigenvalue weighted by Gasteiger charge is 2.18. The van der Waals surface area contributed by atoms with Crippen LogP contribution in [0.15, 0.2) is 30.3 Å². The molecule has 198 valence electrons. The molecule has 9 heteroatoms. The van der Waals surface area contributed by atoms with Crippen molar-refractivity contribution in [2.45, 2.75) is 82.4 Å². The number of amides is 2. The van der Waals surface area contributed by atoms with E-state index in [2.05, 4.69) is 33.5 Å². The van der Waals surface area contributed by atoms with Crippen LogP contribution in [-0.2, 0) is 4.79 Å². The van der Waals surface area contributed by atoms with Crippen molar-refractivity contribution < 1.29 is 14.7 Å². The maximum atomic E-state index is 12.6. The molecule has 1 atom stereocenters. The molecule has 5 nitrogen and oxygen atoms in total. The second-order valence-corrected chi connectivity index (χ2v) is 11.2. The van der Waals surface area contributed by atoms with Crippen molar-refractivity contribution in [1.82, 2.24) is 0 Å². The summed E-state index contributed by atoms with van der Waals surface area (Å²) in [4.78, 5) is 24.7. The Morgan fingerprint density at radius 2 is 1.42 bits per heavy atom. The molecule has 3 N–H and O–H groups in total. The third-order valence-electron chi connectivity index (χ3n) is 5.87. The molecule has 0 aliphatic heterocycles. The van der Waals surface area contributed by atoms with Crippen LogP contribution in [0.25, 0.3) is 0 Å². The summed E-state index contributed by atoms with van der Waals surface area (Å²) in [6, 6.07) is 7.15. The number of phenolic OH excluding ortho intramolecular Hbond substituents is 1. The molecule has 0 aromatic heterocycles. The summed E-state index contributed by atoms with van der Waals surface area (Å²) in [5, 5.41) is 16.5. The maximum Gasteiger partial charge on any atom is 0.255 e. The predicted molar refractivity (Wildman–Crippen MR) is 155 cm³/mol. The quantitative estimate of drug-likeness (QED) is 0.105. The van der Waals surface area contributed by atoms with E-state index in [1.807, 2.05) is 0 Å². The van der Waals surface area contributed by atoms with Crippen LogP contribution in [0, 0.1) is 0 Å². The summed E-state index contributed by atoms with van der Waals surface area (Å²) in [6.07, 6.45) is 13.1. The van der Waals surface area contributed by atoms with Crippen LogP contribution in [0.3, 0.4) is 0 Å². The average Bonchev–Trinajstić information content (AvgIpc) is 2.84. The Morgan fingerprint density at radius 1 is 0.806 bits per heavy atom. The molecule has 2 rings (SSSR count). The summed E-state index contributed by atoms with van der Waals surface area (Å²) in [5.41, 5.74) is 0.639. The Hall–Kier alpha value is -1.47. The smallest absolute Gasteiger partial charge is 0.255 e. The number of anilines is 2. The van der Waals surface area contributed by atoms with Crippen molar-refractivity contribution in [2.24, 2.45) is 0 Å². The molecular formula is C27H34BrCl3N2O3. The van der Waals surface area contributed by atoms with Crippen molar-refractivity contribution >= 4 is 73.9 Å². The van der Waals surface area contributed by atoms with Gasteiger partial charge in [-0.1, -0.05) is 122 Å². The van der Waals surface area contributed by atoms with Crippen molar-refractivity contribution in [3.63, 3.8) is 0 Å². The van der Waals surface area contributed by atoms with Crippen LogP contribution in [0.1, 0.15) is 87.9 Å². The van der Waals surface area contributed by atoms with Gasteiger partial charge in [-0.05, 0) is 30.7 Å². The van der Waals surface area contributed by atoms with E-state index >= 15 is 0 Å². The van der Waals surface area contributed by atoms with Gasteiger partial charge in [0.05, 0.1) is 31.3 Å². The number of carbonyl (C=O) groups is 2. The van der Waals surface area contributed by atoms with Gasteiger partial charge in [0.15, 0.2) is 0 Å². The number of halogens is 4. The van der Waals surface area contributed by atoms with Gasteiger partial charge in [-0.15, -0.1) is 0 Å². The highest BCUT2D eigenvalue weighted by Crippen LogP contribution is 2.35. The molecule has 36 heavy (non-hydrogen) atoms. The van der Waals surface area contributed by atoms with Crippen LogP contribution in [0.5, 0.6) is 5.75 Å². The molecule has 0 heterocycles. The first-order chi connectivity index (χ1) is 17.2. The molecule has 0 saturated heterocycles. The first-order valence-electron chi connectivity index (χ1n) is 12.5. The fourth-order valence-corrected chi connectivity index (χ4v) is 4.69. The van der Waals surface area contributed by atoms with Crippen molar-refractivity contribution in [3.8, 4) is 5.75 Å². The van der Waals surface area contributed by atoms with Crippen LogP contribution >= 0.6 is 50.7 Å². The second-order valence-electron chi connectivity index (χ2n) is 8.86. The van der Waals surface area contributed by atoms with E-state index in [1.54, 1.807) is 0 Å². The molecule has 2 aromatic carbocycles. The monoisotopic (exact) mass is 618 g/mol. The fourth-order valence-electron chi connectivity index (χ4n) is 3.74. The highest BCUT2D eigenvalue weighted by atomic mass is 79.9. The van der Waals surface area contributed by atoms with Gasteiger partial charge in [0.25, 0.3) is 5.91 Å². The van der Waals surface area contributed by atoms with Crippen molar-refractivity contribution in [2.75, 3.05) is 10.6 Å². The number of phenols is 1. The van der Waals surface area contributed by atoms with E-state index in [-0.39, 0.29) is 43.5 Å². The van der Waals surface area contributed by atoms with Crippen LogP contribution < -0.4 is 10.6 Å². The summed E-state index contributed by atoms with van der Waals surface area (Å²) in [6.45, 7) is 2.23. The van der Waals surface area contributed by atoms with E-state index in [0.717, 1.165) is 12.8 Å². The molecule has 1 unspecified atom stereocenters. The lowest BCUT2D eigenvalue weighted by atomic mass is 10.1. The van der Waals surface area contributed by atoms with Gasteiger partial charge in [-0.2, -0.15) is 0 Å². The third-order valence-corrected chi connectivity index (χ3v) is 7.79. The van der Waals surface area contributed by atoms with E-state index in [9.17, 15) is 14.7 Å². The number of rotatable bonds is 15. The van der Waals surface area contributed by atoms with Gasteiger partial charge in [0.2, 0.25) is 5.91 Å². The van der Waals surface area contributed by atoms with Crippen LogP contribution in [0.4, 0.5) is 11.4 Å². The van der Waals surface area contributed by atoms with Gasteiger partial charge < -0.3 is 15.7 Å². The third kappa shape index (κ3) is 10.5. The van der Waals surface area contributed by atoms with Gasteiger partial charge in [-0.3, -0.25) is 9.59 Å². The fraction of sp³-hybridized carbons (Fsp3) is 0.481. The molecule has 2 amide bonds. The molecule has 0 aliphatic carbocycles. The number of unbranched alkanes of at least 4 members (excludes halogenated alkanes) is 9. The summed E-state index contributed by atoms with van der Waals surface area (Å²) in [7, 11) is 0. The zero-order valence-corrected chi connectivity index (χ0v) is 24.4. The number of benzene rings is 2. The Kier molecular flexibility index (Phi) is 14.0. The zero-order valence-electron chi connectivity index (χ0n) is 20.5. The normalized spacial score (nSPS) is 11.8. The van der Waals surface area contributed by atoms with E-state index in [1.165, 1.54) is 81.7 Å². The first-order valence-corrected chi connectivity index (χ1v) is 14.5. The minimum absolute atomic E-state index is 0.106. The van der Waals surface area contributed by atoms with Crippen molar-refractivity contribution in [1.29, 1.82) is 0 Å². The van der Waals surface area contributed by atoms with Gasteiger partial charge in [0, 0.05) is 11.6 Å². The lowest BCUT2D eigenvalue weighted by molar-refractivity contribution is -0.115.